The number of carbonyl (C=O) groups is 2. The van der Waals surface area contributed by atoms with Gasteiger partial charge in [-0.25, -0.2) is 9.59 Å². The number of rotatable bonds is 2. The third-order valence-electron chi connectivity index (χ3n) is 3.57. The first-order valence-electron chi connectivity index (χ1n) is 7.27. The van der Waals surface area contributed by atoms with Gasteiger partial charge in [-0.2, -0.15) is 0 Å². The third kappa shape index (κ3) is 3.88. The van der Waals surface area contributed by atoms with Crippen LogP contribution in [0.3, 0.4) is 0 Å². The topological polar surface area (TPSA) is 103 Å². The van der Waals surface area contributed by atoms with Crippen LogP contribution in [-0.4, -0.2) is 60.5 Å². The maximum absolute atomic E-state index is 11.9. The first-order valence-corrected chi connectivity index (χ1v) is 7.27. The maximum Gasteiger partial charge on any atom is 0.408 e. The molecule has 0 radical (unpaired) electrons. The smallest absolute Gasteiger partial charge is 0.408 e. The van der Waals surface area contributed by atoms with Crippen molar-refractivity contribution in [2.24, 2.45) is 0 Å². The minimum atomic E-state index is -1.65. The van der Waals surface area contributed by atoms with E-state index < -0.39 is 29.0 Å². The maximum atomic E-state index is 11.9. The van der Waals surface area contributed by atoms with Crippen LogP contribution in [0.1, 0.15) is 33.6 Å². The number of aliphatic carboxylic acids is 1. The van der Waals surface area contributed by atoms with Crippen LogP contribution in [0.2, 0.25) is 0 Å². The Kier molecular flexibility index (Phi) is 4.65. The molecule has 2 N–H and O–H groups in total. The predicted molar refractivity (Wildman–Crippen MR) is 74.4 cm³/mol. The minimum absolute atomic E-state index is 0.179. The van der Waals surface area contributed by atoms with Gasteiger partial charge < -0.3 is 29.4 Å². The van der Waals surface area contributed by atoms with E-state index >= 15 is 0 Å². The van der Waals surface area contributed by atoms with Gasteiger partial charge in [-0.3, -0.25) is 0 Å². The van der Waals surface area contributed by atoms with Crippen LogP contribution in [0.25, 0.3) is 0 Å². The Morgan fingerprint density at radius 3 is 2.14 bits per heavy atom. The molecule has 0 aliphatic carbocycles. The van der Waals surface area contributed by atoms with Crippen molar-refractivity contribution in [3.05, 3.63) is 0 Å². The quantitative estimate of drug-likeness (QED) is 0.779. The standard InChI is InChI=1S/C14H23NO7/c1-12(2,3)22-11(18)15-13(10(16)17)8-20-14(21-9-13)4-6-19-7-5-14/h4-9H2,1-3H3,(H,15,18)(H,16,17). The molecule has 8 heteroatoms. The molecule has 2 heterocycles. The Morgan fingerprint density at radius 1 is 1.14 bits per heavy atom. The molecule has 2 saturated heterocycles. The molecule has 0 atom stereocenters. The number of ether oxygens (including phenoxy) is 4. The minimum Gasteiger partial charge on any atom is -0.479 e. The first-order chi connectivity index (χ1) is 10.2. The van der Waals surface area contributed by atoms with E-state index in [9.17, 15) is 14.7 Å². The Morgan fingerprint density at radius 2 is 1.68 bits per heavy atom. The summed E-state index contributed by atoms with van der Waals surface area (Å²) in [6, 6.07) is 0. The summed E-state index contributed by atoms with van der Waals surface area (Å²) >= 11 is 0. The van der Waals surface area contributed by atoms with Crippen molar-refractivity contribution in [3.8, 4) is 0 Å². The third-order valence-corrected chi connectivity index (χ3v) is 3.57. The lowest BCUT2D eigenvalue weighted by Gasteiger charge is -2.45. The normalized spacial score (nSPS) is 23.8. The molecule has 2 aliphatic rings. The van der Waals surface area contributed by atoms with Crippen LogP contribution < -0.4 is 5.32 Å². The summed E-state index contributed by atoms with van der Waals surface area (Å²) in [6.07, 6.45) is 0.259. The summed E-state index contributed by atoms with van der Waals surface area (Å²) in [5.74, 6) is -2.03. The van der Waals surface area contributed by atoms with Gasteiger partial charge in [0, 0.05) is 12.8 Å². The largest absolute Gasteiger partial charge is 0.479 e. The average Bonchev–Trinajstić information content (AvgIpc) is 2.40. The molecule has 0 aromatic heterocycles. The number of amides is 1. The summed E-state index contributed by atoms with van der Waals surface area (Å²) in [5.41, 5.74) is -2.37. The Balaban J connectivity index is 2.02. The molecule has 0 bridgehead atoms. The molecular formula is C14H23NO7. The zero-order chi connectivity index (χ0) is 16.4. The van der Waals surface area contributed by atoms with Crippen molar-refractivity contribution in [1.29, 1.82) is 0 Å². The van der Waals surface area contributed by atoms with Crippen LogP contribution in [-0.2, 0) is 23.7 Å². The number of carbonyl (C=O) groups excluding carboxylic acids is 1. The molecule has 2 fully saturated rings. The predicted octanol–water partition coefficient (Wildman–Crippen LogP) is 0.888. The number of hydrogen-bond donors (Lipinski definition) is 2. The molecule has 0 aromatic rings. The number of alkyl carbamates (subject to hydrolysis) is 1. The summed E-state index contributed by atoms with van der Waals surface area (Å²) in [5, 5.41) is 11.8. The fourth-order valence-electron chi connectivity index (χ4n) is 2.31. The van der Waals surface area contributed by atoms with Gasteiger partial charge in [0.2, 0.25) is 0 Å². The van der Waals surface area contributed by atoms with Crippen LogP contribution in [0.5, 0.6) is 0 Å². The van der Waals surface area contributed by atoms with Crippen LogP contribution in [0.15, 0.2) is 0 Å². The van der Waals surface area contributed by atoms with Crippen LogP contribution in [0.4, 0.5) is 4.79 Å². The van der Waals surface area contributed by atoms with E-state index in [-0.39, 0.29) is 13.2 Å². The number of nitrogens with one attached hydrogen (secondary N) is 1. The van der Waals surface area contributed by atoms with E-state index in [0.717, 1.165) is 0 Å². The summed E-state index contributed by atoms with van der Waals surface area (Å²) in [7, 11) is 0. The lowest BCUT2D eigenvalue weighted by atomic mass is 9.98. The van der Waals surface area contributed by atoms with Crippen molar-refractivity contribution in [1.82, 2.24) is 5.32 Å². The second kappa shape index (κ2) is 6.02. The average molecular weight is 317 g/mol. The molecule has 1 amide bonds. The van der Waals surface area contributed by atoms with Gasteiger partial charge in [-0.15, -0.1) is 0 Å². The number of hydrogen-bond acceptors (Lipinski definition) is 6. The molecular weight excluding hydrogens is 294 g/mol. The summed E-state index contributed by atoms with van der Waals surface area (Å²) < 4.78 is 21.7. The zero-order valence-electron chi connectivity index (χ0n) is 13.1. The van der Waals surface area contributed by atoms with Gasteiger partial charge in [-0.1, -0.05) is 0 Å². The molecule has 0 aromatic carbocycles. The van der Waals surface area contributed by atoms with Gasteiger partial charge >= 0.3 is 12.1 Å². The van der Waals surface area contributed by atoms with E-state index in [1.165, 1.54) is 0 Å². The lowest BCUT2D eigenvalue weighted by molar-refractivity contribution is -0.311. The van der Waals surface area contributed by atoms with Gasteiger partial charge in [-0.05, 0) is 20.8 Å². The van der Waals surface area contributed by atoms with Crippen molar-refractivity contribution < 1.29 is 33.6 Å². The highest BCUT2D eigenvalue weighted by Crippen LogP contribution is 2.33. The van der Waals surface area contributed by atoms with Gasteiger partial charge in [0.05, 0.1) is 26.4 Å². The highest BCUT2D eigenvalue weighted by atomic mass is 16.7. The van der Waals surface area contributed by atoms with Gasteiger partial charge in [0.1, 0.15) is 5.60 Å². The van der Waals surface area contributed by atoms with Crippen molar-refractivity contribution in [3.63, 3.8) is 0 Å². The molecule has 126 valence electrons. The van der Waals surface area contributed by atoms with E-state index in [1.807, 2.05) is 0 Å². The molecule has 8 nitrogen and oxygen atoms in total. The number of carboxylic acids is 1. The molecule has 0 saturated carbocycles. The second-order valence-corrected chi connectivity index (χ2v) is 6.61. The zero-order valence-corrected chi connectivity index (χ0v) is 13.1. The molecule has 22 heavy (non-hydrogen) atoms. The monoisotopic (exact) mass is 317 g/mol. The van der Waals surface area contributed by atoms with E-state index in [1.54, 1.807) is 20.8 Å². The van der Waals surface area contributed by atoms with E-state index in [4.69, 9.17) is 18.9 Å². The summed E-state index contributed by atoms with van der Waals surface area (Å²) in [6.45, 7) is 5.74. The molecule has 2 aliphatic heterocycles. The van der Waals surface area contributed by atoms with Crippen LogP contribution >= 0.6 is 0 Å². The van der Waals surface area contributed by atoms with Crippen molar-refractivity contribution in [2.45, 2.75) is 50.5 Å². The van der Waals surface area contributed by atoms with Gasteiger partial charge in [0.25, 0.3) is 0 Å². The fraction of sp³-hybridized carbons (Fsp3) is 0.857. The Hall–Kier alpha value is -1.38. The Bertz CT molecular complexity index is 427. The number of carboxylic acid groups (broad SMARTS) is 1. The molecule has 1 spiro atoms. The first kappa shape index (κ1) is 17.0. The SMILES string of the molecule is CC(C)(C)OC(=O)NC1(C(=O)O)COC2(CCOCC2)OC1. The molecule has 0 unspecified atom stereocenters. The van der Waals surface area contributed by atoms with Crippen LogP contribution in [0, 0.1) is 0 Å². The molecule has 2 rings (SSSR count). The van der Waals surface area contributed by atoms with E-state index in [0.29, 0.717) is 26.1 Å². The lowest BCUT2D eigenvalue weighted by Crippen LogP contribution is -2.67. The summed E-state index contributed by atoms with van der Waals surface area (Å²) in [4.78, 5) is 23.5. The van der Waals surface area contributed by atoms with Gasteiger partial charge in [0.15, 0.2) is 11.3 Å². The Labute approximate surface area is 129 Å². The fourth-order valence-corrected chi connectivity index (χ4v) is 2.31. The van der Waals surface area contributed by atoms with Crippen molar-refractivity contribution >= 4 is 12.1 Å². The second-order valence-electron chi connectivity index (χ2n) is 6.61. The van der Waals surface area contributed by atoms with E-state index in [2.05, 4.69) is 5.32 Å². The van der Waals surface area contributed by atoms with Crippen molar-refractivity contribution in [2.75, 3.05) is 26.4 Å². The highest BCUT2D eigenvalue weighted by molar-refractivity contribution is 5.85. The highest BCUT2D eigenvalue weighted by Gasteiger charge is 2.51.